The Morgan fingerprint density at radius 3 is 2.74 bits per heavy atom. The summed E-state index contributed by atoms with van der Waals surface area (Å²) in [6, 6.07) is 10.5. The van der Waals surface area contributed by atoms with Crippen molar-refractivity contribution in [2.75, 3.05) is 12.3 Å². The molecule has 4 nitrogen and oxygen atoms in total. The van der Waals surface area contributed by atoms with Crippen LogP contribution >= 0.6 is 34.7 Å². The Bertz CT molecular complexity index is 782. The normalized spacial score (nSPS) is 19.3. The fourth-order valence-electron chi connectivity index (χ4n) is 3.09. The maximum absolute atomic E-state index is 13.3. The van der Waals surface area contributed by atoms with Crippen molar-refractivity contribution in [3.63, 3.8) is 0 Å². The number of nitrogens with one attached hydrogen (secondary N) is 1. The van der Waals surface area contributed by atoms with E-state index in [1.54, 1.807) is 52.3 Å². The van der Waals surface area contributed by atoms with E-state index in [4.69, 9.17) is 11.6 Å². The third kappa shape index (κ3) is 4.68. The Kier molecular flexibility index (Phi) is 7.21. The van der Waals surface area contributed by atoms with Crippen molar-refractivity contribution >= 4 is 46.5 Å². The van der Waals surface area contributed by atoms with Crippen molar-refractivity contribution in [1.82, 2.24) is 10.2 Å². The molecule has 1 saturated heterocycles. The van der Waals surface area contributed by atoms with Gasteiger partial charge in [-0.2, -0.15) is 0 Å². The van der Waals surface area contributed by atoms with Gasteiger partial charge in [-0.25, -0.2) is 0 Å². The number of hydrogen-bond acceptors (Lipinski definition) is 4. The van der Waals surface area contributed by atoms with Crippen LogP contribution in [-0.2, 0) is 4.79 Å². The first kappa shape index (κ1) is 20.2. The lowest BCUT2D eigenvalue weighted by Gasteiger charge is -2.28. The molecule has 7 heteroatoms. The molecular formula is C20H23ClN2O2S2. The number of carbonyl (C=O) groups is 2. The third-order valence-electron chi connectivity index (χ3n) is 4.51. The van der Waals surface area contributed by atoms with Gasteiger partial charge in [0.05, 0.1) is 10.6 Å². The lowest BCUT2D eigenvalue weighted by atomic mass is 10.1. The average Bonchev–Trinajstić information content (AvgIpc) is 3.34. The van der Waals surface area contributed by atoms with Crippen LogP contribution in [0.15, 0.2) is 41.8 Å². The summed E-state index contributed by atoms with van der Waals surface area (Å²) >= 11 is 9.49. The van der Waals surface area contributed by atoms with E-state index in [0.717, 1.165) is 24.1 Å². The molecule has 1 aliphatic rings. The van der Waals surface area contributed by atoms with Crippen molar-refractivity contribution in [3.05, 3.63) is 57.2 Å². The van der Waals surface area contributed by atoms with Crippen LogP contribution < -0.4 is 5.32 Å². The molecule has 1 aromatic carbocycles. The minimum atomic E-state index is -0.493. The Hall–Kier alpha value is -1.50. The molecule has 0 spiro atoms. The van der Waals surface area contributed by atoms with Gasteiger partial charge < -0.3 is 10.2 Å². The van der Waals surface area contributed by atoms with E-state index in [0.29, 0.717) is 22.9 Å². The quantitative estimate of drug-likeness (QED) is 0.641. The molecule has 0 radical (unpaired) electrons. The fraction of sp³-hybridized carbons (Fsp3) is 0.400. The Balaban J connectivity index is 1.83. The number of unbranched alkanes of at least 4 members (excludes halogenated alkanes) is 2. The second-order valence-electron chi connectivity index (χ2n) is 6.41. The molecule has 2 heterocycles. The number of benzene rings is 1. The van der Waals surface area contributed by atoms with Crippen molar-refractivity contribution in [3.8, 4) is 0 Å². The molecular weight excluding hydrogens is 400 g/mol. The van der Waals surface area contributed by atoms with E-state index in [1.165, 1.54) is 0 Å². The van der Waals surface area contributed by atoms with Gasteiger partial charge in [0.25, 0.3) is 5.91 Å². The van der Waals surface area contributed by atoms with E-state index in [-0.39, 0.29) is 17.2 Å². The lowest BCUT2D eigenvalue weighted by molar-refractivity contribution is -0.124. The summed E-state index contributed by atoms with van der Waals surface area (Å²) in [5.41, 5.74) is 0.437. The highest BCUT2D eigenvalue weighted by Gasteiger charge is 2.43. The van der Waals surface area contributed by atoms with Gasteiger partial charge in [0.1, 0.15) is 11.4 Å². The second-order valence-corrected chi connectivity index (χ2v) is 8.91. The summed E-state index contributed by atoms with van der Waals surface area (Å²) in [4.78, 5) is 28.9. The number of thiophene rings is 1. The van der Waals surface area contributed by atoms with Crippen LogP contribution in [0.1, 0.15) is 46.8 Å². The summed E-state index contributed by atoms with van der Waals surface area (Å²) in [7, 11) is 0. The highest BCUT2D eigenvalue weighted by Crippen LogP contribution is 2.44. The van der Waals surface area contributed by atoms with Crippen LogP contribution in [-0.4, -0.2) is 35.1 Å². The summed E-state index contributed by atoms with van der Waals surface area (Å²) in [6.07, 6.45) is 3.14. The van der Waals surface area contributed by atoms with Crippen LogP contribution in [0, 0.1) is 0 Å². The number of halogens is 1. The van der Waals surface area contributed by atoms with Gasteiger partial charge in [-0.05, 0) is 30.0 Å². The monoisotopic (exact) mass is 422 g/mol. The van der Waals surface area contributed by atoms with Crippen LogP contribution in [0.5, 0.6) is 0 Å². The molecule has 0 bridgehead atoms. The predicted octanol–water partition coefficient (Wildman–Crippen LogP) is 4.96. The fourth-order valence-corrected chi connectivity index (χ4v) is 5.70. The molecule has 1 N–H and O–H groups in total. The molecule has 2 atom stereocenters. The Morgan fingerprint density at radius 2 is 2.04 bits per heavy atom. The number of rotatable bonds is 7. The average molecular weight is 423 g/mol. The highest BCUT2D eigenvalue weighted by atomic mass is 35.5. The molecule has 2 aromatic rings. The number of carbonyl (C=O) groups excluding carboxylic acids is 2. The van der Waals surface area contributed by atoms with Crippen LogP contribution in [0.25, 0.3) is 0 Å². The zero-order chi connectivity index (χ0) is 19.2. The van der Waals surface area contributed by atoms with Gasteiger partial charge in [0.2, 0.25) is 5.91 Å². The van der Waals surface area contributed by atoms with Gasteiger partial charge >= 0.3 is 0 Å². The molecule has 2 amide bonds. The minimum absolute atomic E-state index is 0.0851. The summed E-state index contributed by atoms with van der Waals surface area (Å²) in [5, 5.41) is 5.23. The molecule has 1 fully saturated rings. The first-order valence-corrected chi connectivity index (χ1v) is 11.4. The SMILES string of the molecule is CCCCCNC(=O)[C@H]1CS[C@@H](c2cccs2)N1C(=O)c1ccccc1Cl. The summed E-state index contributed by atoms with van der Waals surface area (Å²) in [6.45, 7) is 2.77. The molecule has 27 heavy (non-hydrogen) atoms. The number of hydrogen-bond donors (Lipinski definition) is 1. The van der Waals surface area contributed by atoms with Gasteiger partial charge in [-0.1, -0.05) is 49.6 Å². The van der Waals surface area contributed by atoms with Crippen molar-refractivity contribution in [2.24, 2.45) is 0 Å². The van der Waals surface area contributed by atoms with Crippen LogP contribution in [0.2, 0.25) is 5.02 Å². The number of thioether (sulfide) groups is 1. The topological polar surface area (TPSA) is 49.4 Å². The minimum Gasteiger partial charge on any atom is -0.354 e. The number of nitrogens with zero attached hydrogens (tertiary/aromatic N) is 1. The third-order valence-corrected chi connectivity index (χ3v) is 7.22. The van der Waals surface area contributed by atoms with E-state index in [1.807, 2.05) is 17.5 Å². The standard InChI is InChI=1S/C20H23ClN2O2S2/c1-2-3-6-11-22-18(24)16-13-27-20(17-10-7-12-26-17)23(16)19(25)14-8-4-5-9-15(14)21/h4-5,7-10,12,16,20H,2-3,6,11,13H2,1H3,(H,22,24)/t16-,20+/m1/s1. The zero-order valence-corrected chi connectivity index (χ0v) is 17.6. The van der Waals surface area contributed by atoms with Gasteiger partial charge in [0, 0.05) is 17.2 Å². The molecule has 1 aromatic heterocycles. The predicted molar refractivity (Wildman–Crippen MR) is 113 cm³/mol. The highest BCUT2D eigenvalue weighted by molar-refractivity contribution is 7.99. The lowest BCUT2D eigenvalue weighted by Crippen LogP contribution is -2.48. The van der Waals surface area contributed by atoms with E-state index in [2.05, 4.69) is 12.2 Å². The first-order valence-electron chi connectivity index (χ1n) is 9.13. The van der Waals surface area contributed by atoms with Gasteiger partial charge in [-0.15, -0.1) is 23.1 Å². The zero-order valence-electron chi connectivity index (χ0n) is 15.2. The maximum Gasteiger partial charge on any atom is 0.257 e. The maximum atomic E-state index is 13.3. The Morgan fingerprint density at radius 1 is 1.22 bits per heavy atom. The van der Waals surface area contributed by atoms with E-state index < -0.39 is 6.04 Å². The largest absolute Gasteiger partial charge is 0.354 e. The molecule has 3 rings (SSSR count). The van der Waals surface area contributed by atoms with Crippen molar-refractivity contribution < 1.29 is 9.59 Å². The second kappa shape index (κ2) is 9.62. The summed E-state index contributed by atoms with van der Waals surface area (Å²) in [5.74, 6) is 0.300. The summed E-state index contributed by atoms with van der Waals surface area (Å²) < 4.78 is 0. The molecule has 144 valence electrons. The molecule has 0 unspecified atom stereocenters. The van der Waals surface area contributed by atoms with E-state index in [9.17, 15) is 9.59 Å². The van der Waals surface area contributed by atoms with E-state index >= 15 is 0 Å². The molecule has 0 aliphatic carbocycles. The Labute approximate surface area is 173 Å². The first-order chi connectivity index (χ1) is 13.1. The van der Waals surface area contributed by atoms with Gasteiger partial charge in [0.15, 0.2) is 0 Å². The van der Waals surface area contributed by atoms with Crippen LogP contribution in [0.3, 0.4) is 0 Å². The van der Waals surface area contributed by atoms with Crippen molar-refractivity contribution in [1.29, 1.82) is 0 Å². The smallest absolute Gasteiger partial charge is 0.257 e. The number of amides is 2. The van der Waals surface area contributed by atoms with Crippen molar-refractivity contribution in [2.45, 2.75) is 37.6 Å². The molecule has 0 saturated carbocycles. The van der Waals surface area contributed by atoms with Gasteiger partial charge in [-0.3, -0.25) is 9.59 Å². The molecule has 1 aliphatic heterocycles. The van der Waals surface area contributed by atoms with Crippen LogP contribution in [0.4, 0.5) is 0 Å².